The Hall–Kier alpha value is -0.910. The van der Waals surface area contributed by atoms with Crippen LogP contribution in [0.2, 0.25) is 0 Å². The Morgan fingerprint density at radius 1 is 1.40 bits per heavy atom. The van der Waals surface area contributed by atoms with Gasteiger partial charge in [0.05, 0.1) is 5.37 Å². The SMILES string of the molecule is CCCC1SCC(C(=O)O)N1C(=O)NC(C)C(C)CC. The van der Waals surface area contributed by atoms with Gasteiger partial charge in [-0.15, -0.1) is 11.8 Å². The summed E-state index contributed by atoms with van der Waals surface area (Å²) >= 11 is 1.57. The minimum Gasteiger partial charge on any atom is -0.480 e. The van der Waals surface area contributed by atoms with Gasteiger partial charge >= 0.3 is 12.0 Å². The molecule has 0 aromatic rings. The van der Waals surface area contributed by atoms with Gasteiger partial charge in [-0.2, -0.15) is 0 Å². The molecule has 5 nitrogen and oxygen atoms in total. The van der Waals surface area contributed by atoms with Crippen LogP contribution in [0.3, 0.4) is 0 Å². The lowest BCUT2D eigenvalue weighted by molar-refractivity contribution is -0.141. The smallest absolute Gasteiger partial charge is 0.327 e. The van der Waals surface area contributed by atoms with Gasteiger partial charge < -0.3 is 10.4 Å². The maximum atomic E-state index is 12.4. The van der Waals surface area contributed by atoms with Crippen molar-refractivity contribution in [3.63, 3.8) is 0 Å². The summed E-state index contributed by atoms with van der Waals surface area (Å²) in [6.07, 6.45) is 2.76. The van der Waals surface area contributed by atoms with E-state index < -0.39 is 12.0 Å². The van der Waals surface area contributed by atoms with Gasteiger partial charge in [0.1, 0.15) is 6.04 Å². The van der Waals surface area contributed by atoms with Crippen LogP contribution in [-0.2, 0) is 4.79 Å². The van der Waals surface area contributed by atoms with Crippen molar-refractivity contribution in [1.29, 1.82) is 0 Å². The highest BCUT2D eigenvalue weighted by Gasteiger charge is 2.41. The number of carbonyl (C=O) groups is 2. The van der Waals surface area contributed by atoms with E-state index in [0.717, 1.165) is 19.3 Å². The number of nitrogens with one attached hydrogen (secondary N) is 1. The van der Waals surface area contributed by atoms with Gasteiger partial charge in [-0.1, -0.05) is 33.6 Å². The summed E-state index contributed by atoms with van der Waals surface area (Å²) in [5.41, 5.74) is 0. The Kier molecular flexibility index (Phi) is 6.65. The first-order valence-corrected chi connectivity index (χ1v) is 8.40. The number of thioether (sulfide) groups is 1. The fourth-order valence-corrected chi connectivity index (χ4v) is 3.77. The Morgan fingerprint density at radius 3 is 2.55 bits per heavy atom. The van der Waals surface area contributed by atoms with Gasteiger partial charge in [-0.3, -0.25) is 4.90 Å². The van der Waals surface area contributed by atoms with Crippen molar-refractivity contribution in [2.45, 2.75) is 64.4 Å². The van der Waals surface area contributed by atoms with Gasteiger partial charge in [-0.05, 0) is 19.3 Å². The summed E-state index contributed by atoms with van der Waals surface area (Å²) in [4.78, 5) is 25.2. The molecule has 116 valence electrons. The standard InChI is InChI=1S/C14H26N2O3S/c1-5-7-12-16(11(8-20-12)13(17)18)14(19)15-10(4)9(3)6-2/h9-12H,5-8H2,1-4H3,(H,15,19)(H,17,18). The van der Waals surface area contributed by atoms with E-state index in [1.807, 2.05) is 13.8 Å². The van der Waals surface area contributed by atoms with Crippen molar-refractivity contribution in [3.8, 4) is 0 Å². The van der Waals surface area contributed by atoms with Crippen molar-refractivity contribution in [3.05, 3.63) is 0 Å². The zero-order valence-corrected chi connectivity index (χ0v) is 13.6. The number of carbonyl (C=O) groups excluding carboxylic acids is 1. The molecule has 1 aliphatic rings. The molecule has 20 heavy (non-hydrogen) atoms. The van der Waals surface area contributed by atoms with E-state index in [4.69, 9.17) is 0 Å². The fraction of sp³-hybridized carbons (Fsp3) is 0.857. The molecular formula is C14H26N2O3S. The third-order valence-electron chi connectivity index (χ3n) is 4.00. The third-order valence-corrected chi connectivity index (χ3v) is 5.35. The second-order valence-electron chi connectivity index (χ2n) is 5.46. The van der Waals surface area contributed by atoms with Crippen LogP contribution < -0.4 is 5.32 Å². The van der Waals surface area contributed by atoms with E-state index in [1.54, 1.807) is 11.8 Å². The summed E-state index contributed by atoms with van der Waals surface area (Å²) in [6.45, 7) is 8.19. The molecule has 4 unspecified atom stereocenters. The topological polar surface area (TPSA) is 69.6 Å². The maximum Gasteiger partial charge on any atom is 0.327 e. The number of rotatable bonds is 6. The lowest BCUT2D eigenvalue weighted by atomic mass is 10.0. The number of carboxylic acid groups (broad SMARTS) is 1. The van der Waals surface area contributed by atoms with Crippen LogP contribution in [0.15, 0.2) is 0 Å². The van der Waals surface area contributed by atoms with Crippen LogP contribution in [0, 0.1) is 5.92 Å². The third kappa shape index (κ3) is 4.04. The molecule has 0 aromatic heterocycles. The van der Waals surface area contributed by atoms with Gasteiger partial charge in [0, 0.05) is 11.8 Å². The average molecular weight is 302 g/mol. The van der Waals surface area contributed by atoms with Crippen molar-refractivity contribution in [2.75, 3.05) is 5.75 Å². The van der Waals surface area contributed by atoms with Crippen molar-refractivity contribution in [1.82, 2.24) is 10.2 Å². The summed E-state index contributed by atoms with van der Waals surface area (Å²) in [5.74, 6) is -0.0601. The molecule has 1 fully saturated rings. The van der Waals surface area contributed by atoms with Gasteiger partial charge in [-0.25, -0.2) is 9.59 Å². The number of urea groups is 1. The van der Waals surface area contributed by atoms with Crippen LogP contribution in [0.4, 0.5) is 4.79 Å². The van der Waals surface area contributed by atoms with Crippen LogP contribution in [0.1, 0.15) is 47.0 Å². The molecule has 0 bridgehead atoms. The number of aliphatic carboxylic acids is 1. The normalized spacial score (nSPS) is 25.3. The predicted molar refractivity (Wildman–Crippen MR) is 81.9 cm³/mol. The molecule has 1 rings (SSSR count). The quantitative estimate of drug-likeness (QED) is 0.791. The summed E-state index contributed by atoms with van der Waals surface area (Å²) in [6, 6.07) is -0.899. The average Bonchev–Trinajstić information content (AvgIpc) is 2.82. The van der Waals surface area contributed by atoms with Crippen molar-refractivity contribution < 1.29 is 14.7 Å². The minimum absolute atomic E-state index is 0.0229. The molecule has 1 aliphatic heterocycles. The van der Waals surface area contributed by atoms with E-state index >= 15 is 0 Å². The van der Waals surface area contributed by atoms with Crippen molar-refractivity contribution in [2.24, 2.45) is 5.92 Å². The largest absolute Gasteiger partial charge is 0.480 e. The first-order valence-electron chi connectivity index (χ1n) is 7.35. The fourth-order valence-electron chi connectivity index (χ4n) is 2.26. The molecule has 0 aliphatic carbocycles. The molecule has 2 amide bonds. The number of amides is 2. The lowest BCUT2D eigenvalue weighted by Gasteiger charge is -2.30. The molecule has 1 heterocycles. The molecule has 0 radical (unpaired) electrons. The molecule has 4 atom stereocenters. The van der Waals surface area contributed by atoms with Gasteiger partial charge in [0.2, 0.25) is 0 Å². The Labute approximate surface area is 125 Å². The maximum absolute atomic E-state index is 12.4. The Morgan fingerprint density at radius 2 is 2.05 bits per heavy atom. The zero-order chi connectivity index (χ0) is 15.3. The molecule has 0 saturated carbocycles. The first kappa shape index (κ1) is 17.1. The summed E-state index contributed by atoms with van der Waals surface area (Å²) < 4.78 is 0. The second-order valence-corrected chi connectivity index (χ2v) is 6.67. The van der Waals surface area contributed by atoms with Crippen molar-refractivity contribution >= 4 is 23.8 Å². The number of carboxylic acids is 1. The van der Waals surface area contributed by atoms with Crippen LogP contribution in [-0.4, -0.2) is 45.2 Å². The van der Waals surface area contributed by atoms with E-state index in [-0.39, 0.29) is 17.4 Å². The number of hydrogen-bond donors (Lipinski definition) is 2. The second kappa shape index (κ2) is 7.76. The van der Waals surface area contributed by atoms with Gasteiger partial charge in [0.15, 0.2) is 0 Å². The molecule has 2 N–H and O–H groups in total. The highest BCUT2D eigenvalue weighted by atomic mass is 32.2. The number of hydrogen-bond acceptors (Lipinski definition) is 3. The molecule has 0 aromatic carbocycles. The highest BCUT2D eigenvalue weighted by molar-refractivity contribution is 8.00. The number of nitrogens with zero attached hydrogens (tertiary/aromatic N) is 1. The van der Waals surface area contributed by atoms with Gasteiger partial charge in [0.25, 0.3) is 0 Å². The first-order chi connectivity index (χ1) is 9.42. The molecule has 6 heteroatoms. The molecule has 1 saturated heterocycles. The molecule has 0 spiro atoms. The lowest BCUT2D eigenvalue weighted by Crippen LogP contribution is -2.52. The zero-order valence-electron chi connectivity index (χ0n) is 12.8. The van der Waals surface area contributed by atoms with Crippen LogP contribution in [0.5, 0.6) is 0 Å². The van der Waals surface area contributed by atoms with Crippen LogP contribution >= 0.6 is 11.8 Å². The Balaban J connectivity index is 2.76. The predicted octanol–water partition coefficient (Wildman–Crippen LogP) is 2.76. The molecular weight excluding hydrogens is 276 g/mol. The highest BCUT2D eigenvalue weighted by Crippen LogP contribution is 2.32. The minimum atomic E-state index is -0.914. The summed E-state index contributed by atoms with van der Waals surface area (Å²) in [7, 11) is 0. The summed E-state index contributed by atoms with van der Waals surface area (Å²) in [5, 5.41) is 12.2. The van der Waals surface area contributed by atoms with Crippen LogP contribution in [0.25, 0.3) is 0 Å². The van der Waals surface area contributed by atoms with E-state index in [9.17, 15) is 14.7 Å². The van der Waals surface area contributed by atoms with E-state index in [2.05, 4.69) is 19.2 Å². The van der Waals surface area contributed by atoms with E-state index in [0.29, 0.717) is 11.7 Å². The monoisotopic (exact) mass is 302 g/mol. The Bertz CT molecular complexity index is 351. The van der Waals surface area contributed by atoms with E-state index in [1.165, 1.54) is 4.90 Å².